The van der Waals surface area contributed by atoms with Gasteiger partial charge in [-0.05, 0) is 37.6 Å². The number of rotatable bonds is 7. The van der Waals surface area contributed by atoms with Crippen molar-refractivity contribution in [2.24, 2.45) is 5.92 Å². The fourth-order valence-electron chi connectivity index (χ4n) is 2.83. The van der Waals surface area contributed by atoms with E-state index in [-0.39, 0.29) is 11.5 Å². The van der Waals surface area contributed by atoms with E-state index in [1.165, 1.54) is 10.6 Å². The SMILES string of the molecule is CCN(CC)CC(C)CNC(=O)c1c(O)nc2c(C)cccn2c1=O. The van der Waals surface area contributed by atoms with Gasteiger partial charge in [0, 0.05) is 19.3 Å². The number of aryl methyl sites for hydroxylation is 1. The molecule has 1 unspecified atom stereocenters. The second kappa shape index (κ2) is 8.11. The molecule has 1 atom stereocenters. The molecule has 7 heteroatoms. The largest absolute Gasteiger partial charge is 0.493 e. The normalized spacial score (nSPS) is 12.5. The molecule has 0 fully saturated rings. The Morgan fingerprint density at radius 2 is 2.08 bits per heavy atom. The molecule has 0 bridgehead atoms. The van der Waals surface area contributed by atoms with Gasteiger partial charge in [-0.3, -0.25) is 14.0 Å². The number of hydrogen-bond donors (Lipinski definition) is 2. The summed E-state index contributed by atoms with van der Waals surface area (Å²) in [6.07, 6.45) is 1.54. The summed E-state index contributed by atoms with van der Waals surface area (Å²) < 4.78 is 1.28. The molecular formula is C18H26N4O3. The number of pyridine rings is 1. The average molecular weight is 346 g/mol. The maximum atomic E-state index is 12.6. The van der Waals surface area contributed by atoms with Crippen LogP contribution in [0.2, 0.25) is 0 Å². The first-order valence-electron chi connectivity index (χ1n) is 8.60. The van der Waals surface area contributed by atoms with Gasteiger partial charge >= 0.3 is 0 Å². The van der Waals surface area contributed by atoms with Gasteiger partial charge in [-0.2, -0.15) is 4.98 Å². The molecule has 0 aromatic carbocycles. The molecule has 0 radical (unpaired) electrons. The maximum absolute atomic E-state index is 12.6. The molecule has 136 valence electrons. The fraction of sp³-hybridized carbons (Fsp3) is 0.500. The highest BCUT2D eigenvalue weighted by Crippen LogP contribution is 2.13. The number of aromatic hydroxyl groups is 1. The van der Waals surface area contributed by atoms with E-state index in [2.05, 4.69) is 29.0 Å². The van der Waals surface area contributed by atoms with Gasteiger partial charge in [-0.25, -0.2) is 0 Å². The minimum atomic E-state index is -0.600. The highest BCUT2D eigenvalue weighted by atomic mass is 16.3. The Morgan fingerprint density at radius 1 is 1.40 bits per heavy atom. The van der Waals surface area contributed by atoms with E-state index in [9.17, 15) is 14.7 Å². The van der Waals surface area contributed by atoms with Gasteiger partial charge < -0.3 is 15.3 Å². The Kier molecular flexibility index (Phi) is 6.14. The number of nitrogens with zero attached hydrogens (tertiary/aromatic N) is 3. The van der Waals surface area contributed by atoms with E-state index in [1.54, 1.807) is 19.1 Å². The molecule has 2 aromatic rings. The van der Waals surface area contributed by atoms with Crippen LogP contribution >= 0.6 is 0 Å². The third-order valence-electron chi connectivity index (χ3n) is 4.33. The number of aromatic nitrogens is 2. The number of hydrogen-bond acceptors (Lipinski definition) is 5. The van der Waals surface area contributed by atoms with Crippen molar-refractivity contribution in [2.45, 2.75) is 27.7 Å². The van der Waals surface area contributed by atoms with Crippen molar-refractivity contribution in [1.82, 2.24) is 19.6 Å². The molecule has 2 N–H and O–H groups in total. The summed E-state index contributed by atoms with van der Waals surface area (Å²) in [7, 11) is 0. The van der Waals surface area contributed by atoms with Crippen molar-refractivity contribution in [1.29, 1.82) is 0 Å². The first-order chi connectivity index (χ1) is 11.9. The van der Waals surface area contributed by atoms with Crippen LogP contribution in [0.5, 0.6) is 5.88 Å². The van der Waals surface area contributed by atoms with Gasteiger partial charge in [0.1, 0.15) is 5.65 Å². The lowest BCUT2D eigenvalue weighted by Crippen LogP contribution is -2.37. The van der Waals surface area contributed by atoms with E-state index in [0.717, 1.165) is 25.2 Å². The number of amides is 1. The lowest BCUT2D eigenvalue weighted by Gasteiger charge is -2.22. The first-order valence-corrected chi connectivity index (χ1v) is 8.60. The van der Waals surface area contributed by atoms with Crippen LogP contribution in [-0.4, -0.2) is 51.5 Å². The highest BCUT2D eigenvalue weighted by molar-refractivity contribution is 5.96. The molecule has 7 nitrogen and oxygen atoms in total. The second-order valence-corrected chi connectivity index (χ2v) is 6.30. The number of nitrogens with one attached hydrogen (secondary N) is 1. The first kappa shape index (κ1) is 18.9. The van der Waals surface area contributed by atoms with E-state index >= 15 is 0 Å². The van der Waals surface area contributed by atoms with Crippen LogP contribution in [0, 0.1) is 12.8 Å². The molecule has 2 rings (SSSR count). The fourth-order valence-corrected chi connectivity index (χ4v) is 2.83. The smallest absolute Gasteiger partial charge is 0.274 e. The van der Waals surface area contributed by atoms with Crippen LogP contribution in [0.4, 0.5) is 0 Å². The van der Waals surface area contributed by atoms with Gasteiger partial charge in [0.2, 0.25) is 5.88 Å². The minimum Gasteiger partial charge on any atom is -0.493 e. The second-order valence-electron chi connectivity index (χ2n) is 6.30. The monoisotopic (exact) mass is 346 g/mol. The summed E-state index contributed by atoms with van der Waals surface area (Å²) in [6.45, 7) is 11.2. The molecule has 0 spiro atoms. The molecule has 2 heterocycles. The molecule has 0 aliphatic carbocycles. The Morgan fingerprint density at radius 3 is 2.72 bits per heavy atom. The van der Waals surface area contributed by atoms with Crippen molar-refractivity contribution in [2.75, 3.05) is 26.2 Å². The lowest BCUT2D eigenvalue weighted by molar-refractivity contribution is 0.0939. The Bertz CT molecular complexity index is 812. The Labute approximate surface area is 147 Å². The predicted octanol–water partition coefficient (Wildman–Crippen LogP) is 1.42. The predicted molar refractivity (Wildman–Crippen MR) is 97.1 cm³/mol. The molecule has 1 amide bonds. The number of fused-ring (bicyclic) bond motifs is 1. The summed E-state index contributed by atoms with van der Waals surface area (Å²) >= 11 is 0. The van der Waals surface area contributed by atoms with Crippen molar-refractivity contribution < 1.29 is 9.90 Å². The van der Waals surface area contributed by atoms with E-state index in [4.69, 9.17) is 0 Å². The molecule has 0 saturated carbocycles. The Balaban J connectivity index is 2.19. The van der Waals surface area contributed by atoms with Gasteiger partial charge in [0.25, 0.3) is 11.5 Å². The van der Waals surface area contributed by atoms with Crippen molar-refractivity contribution in [3.63, 3.8) is 0 Å². The third kappa shape index (κ3) is 4.17. The summed E-state index contributed by atoms with van der Waals surface area (Å²) in [5.41, 5.74) is 0.199. The number of carbonyl (C=O) groups excluding carboxylic acids is 1. The summed E-state index contributed by atoms with van der Waals surface area (Å²) in [4.78, 5) is 31.2. The molecule has 0 aliphatic rings. The van der Waals surface area contributed by atoms with Crippen molar-refractivity contribution in [3.8, 4) is 5.88 Å². The zero-order valence-electron chi connectivity index (χ0n) is 15.2. The molecule has 2 aromatic heterocycles. The average Bonchev–Trinajstić information content (AvgIpc) is 2.59. The minimum absolute atomic E-state index is 0.226. The molecule has 25 heavy (non-hydrogen) atoms. The van der Waals surface area contributed by atoms with Crippen LogP contribution in [-0.2, 0) is 0 Å². The third-order valence-corrected chi connectivity index (χ3v) is 4.33. The van der Waals surface area contributed by atoms with E-state index in [1.807, 2.05) is 6.92 Å². The van der Waals surface area contributed by atoms with Crippen LogP contribution < -0.4 is 10.9 Å². The summed E-state index contributed by atoms with van der Waals surface area (Å²) in [6, 6.07) is 3.49. The lowest BCUT2D eigenvalue weighted by atomic mass is 10.1. The molecular weight excluding hydrogens is 320 g/mol. The van der Waals surface area contributed by atoms with E-state index in [0.29, 0.717) is 12.2 Å². The zero-order chi connectivity index (χ0) is 18.6. The zero-order valence-corrected chi connectivity index (χ0v) is 15.2. The van der Waals surface area contributed by atoms with E-state index < -0.39 is 17.3 Å². The maximum Gasteiger partial charge on any atom is 0.274 e. The van der Waals surface area contributed by atoms with Gasteiger partial charge in [0.05, 0.1) is 0 Å². The summed E-state index contributed by atoms with van der Waals surface area (Å²) in [5.74, 6) is -0.907. The van der Waals surface area contributed by atoms with Crippen LogP contribution in [0.25, 0.3) is 5.65 Å². The summed E-state index contributed by atoms with van der Waals surface area (Å²) in [5, 5.41) is 12.8. The highest BCUT2D eigenvalue weighted by Gasteiger charge is 2.20. The van der Waals surface area contributed by atoms with Gasteiger partial charge in [0.15, 0.2) is 5.56 Å². The van der Waals surface area contributed by atoms with Gasteiger partial charge in [-0.1, -0.05) is 26.8 Å². The molecule has 0 aliphatic heterocycles. The van der Waals surface area contributed by atoms with Crippen LogP contribution in [0.3, 0.4) is 0 Å². The van der Waals surface area contributed by atoms with Crippen molar-refractivity contribution in [3.05, 3.63) is 39.8 Å². The Hall–Kier alpha value is -2.41. The quantitative estimate of drug-likeness (QED) is 0.792. The van der Waals surface area contributed by atoms with Crippen LogP contribution in [0.15, 0.2) is 23.1 Å². The van der Waals surface area contributed by atoms with Gasteiger partial charge in [-0.15, -0.1) is 0 Å². The topological polar surface area (TPSA) is 86.9 Å². The van der Waals surface area contributed by atoms with Crippen molar-refractivity contribution >= 4 is 11.6 Å². The van der Waals surface area contributed by atoms with Crippen LogP contribution in [0.1, 0.15) is 36.7 Å². The number of carbonyl (C=O) groups is 1. The standard InChI is InChI=1S/C18H26N4O3/c1-5-21(6-2)11-12(3)10-19-16(23)14-17(24)20-15-13(4)8-7-9-22(15)18(14)25/h7-9,12,24H,5-6,10-11H2,1-4H3,(H,19,23). The molecule has 0 saturated heterocycles.